The minimum atomic E-state index is -0.211. The first-order chi connectivity index (χ1) is 47.9. The van der Waals surface area contributed by atoms with Gasteiger partial charge in [0.15, 0.2) is 0 Å². The smallest absolute Gasteiger partial charge is 0.252 e. The summed E-state index contributed by atoms with van der Waals surface area (Å²) in [7, 11) is 0. The Balaban J connectivity index is 1.00. The van der Waals surface area contributed by atoms with Gasteiger partial charge in [0.1, 0.15) is 0 Å². The summed E-state index contributed by atoms with van der Waals surface area (Å²) in [6.07, 6.45) is 0. The quantitative estimate of drug-likeness (QED) is 0.105. The van der Waals surface area contributed by atoms with Crippen molar-refractivity contribution in [1.82, 2.24) is 4.57 Å². The van der Waals surface area contributed by atoms with Crippen LogP contribution in [0.25, 0.3) is 116 Å². The van der Waals surface area contributed by atoms with Gasteiger partial charge in [-0.2, -0.15) is 0 Å². The average molecular weight is 1250 g/mol. The highest BCUT2D eigenvalue weighted by atomic mass is 15.2. The van der Waals surface area contributed by atoms with Gasteiger partial charge in [-0.1, -0.05) is 302 Å². The van der Waals surface area contributed by atoms with Gasteiger partial charge in [0, 0.05) is 61.5 Å². The first kappa shape index (κ1) is 58.8. The Morgan fingerprint density at radius 3 is 0.969 bits per heavy atom. The Hall–Kier alpha value is -11.7. The minimum Gasteiger partial charge on any atom is -0.310 e. The molecule has 0 aliphatic carbocycles. The number of anilines is 6. The topological polar surface area (TPSA) is 11.4 Å². The van der Waals surface area contributed by atoms with E-state index in [-0.39, 0.29) is 17.5 Å². The zero-order chi connectivity index (χ0) is 66.0. The fourth-order valence-electron chi connectivity index (χ4n) is 16.2. The van der Waals surface area contributed by atoms with Crippen LogP contribution >= 0.6 is 0 Å². The molecule has 0 atom stereocenters. The molecular formula is C94H72BN3. The van der Waals surface area contributed by atoms with Crippen molar-refractivity contribution >= 4 is 101 Å². The lowest BCUT2D eigenvalue weighted by Gasteiger charge is -2.46. The second-order valence-electron chi connectivity index (χ2n) is 28.7. The predicted octanol–water partition coefficient (Wildman–Crippen LogP) is 23.8. The molecule has 2 aliphatic heterocycles. The summed E-state index contributed by atoms with van der Waals surface area (Å²) in [5, 5.41) is 7.36. The normalized spacial score (nSPS) is 12.7. The van der Waals surface area contributed by atoms with Crippen molar-refractivity contribution in [2.45, 2.75) is 52.4 Å². The number of fused-ring (bicyclic) bond motifs is 9. The molecule has 4 heteroatoms. The number of hydrogen-bond donors (Lipinski definition) is 0. The first-order valence-corrected chi connectivity index (χ1v) is 34.5. The Labute approximate surface area is 574 Å². The predicted molar refractivity (Wildman–Crippen MR) is 420 cm³/mol. The van der Waals surface area contributed by atoms with Crippen molar-refractivity contribution in [3.8, 4) is 72.4 Å². The van der Waals surface area contributed by atoms with Crippen LogP contribution in [-0.2, 0) is 10.8 Å². The van der Waals surface area contributed by atoms with Gasteiger partial charge >= 0.3 is 0 Å². The molecule has 18 rings (SSSR count). The Kier molecular flexibility index (Phi) is 13.8. The van der Waals surface area contributed by atoms with Crippen molar-refractivity contribution in [3.63, 3.8) is 0 Å². The number of hydrogen-bond acceptors (Lipinski definition) is 2. The van der Waals surface area contributed by atoms with Crippen molar-refractivity contribution in [2.75, 3.05) is 9.80 Å². The molecule has 15 aromatic carbocycles. The molecule has 0 unspecified atom stereocenters. The van der Waals surface area contributed by atoms with Crippen LogP contribution in [-0.4, -0.2) is 11.3 Å². The maximum Gasteiger partial charge on any atom is 0.252 e. The van der Waals surface area contributed by atoms with E-state index in [0.717, 1.165) is 67.6 Å². The molecule has 0 radical (unpaired) electrons. The van der Waals surface area contributed by atoms with Crippen LogP contribution in [0.15, 0.2) is 328 Å². The molecule has 0 saturated heterocycles. The van der Waals surface area contributed by atoms with Gasteiger partial charge in [-0.05, 0) is 171 Å². The van der Waals surface area contributed by atoms with Gasteiger partial charge in [-0.3, -0.25) is 0 Å². The summed E-state index contributed by atoms with van der Waals surface area (Å²) in [6, 6.07) is 124. The summed E-state index contributed by atoms with van der Waals surface area (Å²) in [6.45, 7) is 13.9. The number of aromatic nitrogens is 1. The third-order valence-electron chi connectivity index (χ3n) is 20.8. The van der Waals surface area contributed by atoms with Crippen LogP contribution in [0.5, 0.6) is 0 Å². The maximum absolute atomic E-state index is 2.70. The van der Waals surface area contributed by atoms with E-state index in [2.05, 4.69) is 383 Å². The zero-order valence-electron chi connectivity index (χ0n) is 56.1. The molecule has 3 nitrogen and oxygen atoms in total. The van der Waals surface area contributed by atoms with E-state index in [1.807, 2.05) is 0 Å². The third kappa shape index (κ3) is 9.48. The van der Waals surface area contributed by atoms with Crippen molar-refractivity contribution in [3.05, 3.63) is 339 Å². The Morgan fingerprint density at radius 1 is 0.255 bits per heavy atom. The molecule has 0 amide bonds. The lowest BCUT2D eigenvalue weighted by molar-refractivity contribution is 0.590. The van der Waals surface area contributed by atoms with E-state index in [1.165, 1.54) is 110 Å². The molecule has 0 N–H and O–H groups in total. The van der Waals surface area contributed by atoms with Crippen LogP contribution in [0.4, 0.5) is 34.1 Å². The van der Waals surface area contributed by atoms with Crippen molar-refractivity contribution in [2.24, 2.45) is 0 Å². The molecule has 466 valence electrons. The molecule has 0 fully saturated rings. The van der Waals surface area contributed by atoms with E-state index in [9.17, 15) is 0 Å². The SMILES string of the molecule is CC(C)(C)c1cc(-c2ccccc2)c(N2c3cc(-c4c5ccccc5c(-c5ccccc5)c5ccccc45)ccc3B3c4ccc(-n5c6ccccc6c6ccccc65)cc4N(c4c(-c5ccccc5)cc(C(C)(C)C)cc4-c4ccccc4)c4cccc2c43)c(-c2ccccc2)c1. The number of para-hydroxylation sites is 2. The fourth-order valence-corrected chi connectivity index (χ4v) is 16.2. The zero-order valence-corrected chi connectivity index (χ0v) is 56.1. The molecule has 0 spiro atoms. The lowest BCUT2D eigenvalue weighted by atomic mass is 9.33. The first-order valence-electron chi connectivity index (χ1n) is 34.5. The van der Waals surface area contributed by atoms with E-state index >= 15 is 0 Å². The second-order valence-corrected chi connectivity index (χ2v) is 28.7. The van der Waals surface area contributed by atoms with Crippen molar-refractivity contribution < 1.29 is 0 Å². The molecule has 0 bridgehead atoms. The molecule has 98 heavy (non-hydrogen) atoms. The maximum atomic E-state index is 2.70. The van der Waals surface area contributed by atoms with Gasteiger partial charge in [-0.15, -0.1) is 0 Å². The molecule has 2 aliphatic rings. The standard InChI is InChI=1S/C94H72BN3/c1-93(2,3)67-56-76(61-31-12-7-13-32-61)91(77(57-67)62-33-14-8-15-34-62)97-84-49-30-50-85-90(84)95(80-53-51-66(55-86(80)97)89-74-45-24-22-43-72(74)88(65-39-20-11-21-40-65)73-44-23-25-46-75(73)89)81-54-52-69(96-82-47-28-26-41-70(82)71-42-27-29-48-83(71)96)60-87(81)98(85)92-78(63-35-16-9-17-36-63)58-68(94(4,5)6)59-79(92)64-37-18-10-19-38-64/h7-60H,1-6H3. The van der Waals surface area contributed by atoms with Crippen LogP contribution in [0.2, 0.25) is 0 Å². The van der Waals surface area contributed by atoms with Gasteiger partial charge in [0.25, 0.3) is 6.71 Å². The number of rotatable bonds is 9. The summed E-state index contributed by atoms with van der Waals surface area (Å²) in [5.74, 6) is 0. The van der Waals surface area contributed by atoms with Gasteiger partial charge in [-0.25, -0.2) is 0 Å². The van der Waals surface area contributed by atoms with Crippen LogP contribution < -0.4 is 26.2 Å². The molecule has 16 aromatic rings. The molecular weight excluding hydrogens is 1180 g/mol. The van der Waals surface area contributed by atoms with Gasteiger partial charge in [0.2, 0.25) is 0 Å². The van der Waals surface area contributed by atoms with Gasteiger partial charge < -0.3 is 14.4 Å². The van der Waals surface area contributed by atoms with Crippen molar-refractivity contribution in [1.29, 1.82) is 0 Å². The molecule has 3 heterocycles. The highest BCUT2D eigenvalue weighted by Crippen LogP contribution is 2.55. The molecule has 0 saturated carbocycles. The van der Waals surface area contributed by atoms with E-state index in [1.54, 1.807) is 0 Å². The van der Waals surface area contributed by atoms with E-state index in [4.69, 9.17) is 0 Å². The minimum absolute atomic E-state index is 0.173. The largest absolute Gasteiger partial charge is 0.310 e. The number of benzene rings is 15. The average Bonchev–Trinajstić information content (AvgIpc) is 0.766. The summed E-state index contributed by atoms with van der Waals surface area (Å²) < 4.78 is 2.49. The lowest BCUT2D eigenvalue weighted by Crippen LogP contribution is -2.61. The summed E-state index contributed by atoms with van der Waals surface area (Å²) >= 11 is 0. The fraction of sp³-hybridized carbons (Fsp3) is 0.0851. The van der Waals surface area contributed by atoms with Crippen LogP contribution in [0.3, 0.4) is 0 Å². The summed E-state index contributed by atoms with van der Waals surface area (Å²) in [5.41, 5.74) is 30.4. The molecule has 1 aromatic heterocycles. The van der Waals surface area contributed by atoms with Gasteiger partial charge in [0.05, 0.1) is 22.4 Å². The third-order valence-corrected chi connectivity index (χ3v) is 20.8. The highest BCUT2D eigenvalue weighted by molar-refractivity contribution is 7.00. The van der Waals surface area contributed by atoms with Crippen LogP contribution in [0.1, 0.15) is 52.7 Å². The van der Waals surface area contributed by atoms with E-state index < -0.39 is 0 Å². The highest BCUT2D eigenvalue weighted by Gasteiger charge is 2.46. The summed E-state index contributed by atoms with van der Waals surface area (Å²) in [4.78, 5) is 5.38. The van der Waals surface area contributed by atoms with Crippen LogP contribution in [0, 0.1) is 0 Å². The Bertz CT molecular complexity index is 5590. The Morgan fingerprint density at radius 2 is 0.582 bits per heavy atom. The monoisotopic (exact) mass is 1250 g/mol. The second kappa shape index (κ2) is 23.0. The van der Waals surface area contributed by atoms with E-state index in [0.29, 0.717) is 0 Å². The number of nitrogens with zero attached hydrogens (tertiary/aromatic N) is 3.